The molecule has 4 N–H and O–H groups in total. The van der Waals surface area contributed by atoms with Crippen molar-refractivity contribution in [3.8, 4) is 5.75 Å². The van der Waals surface area contributed by atoms with Gasteiger partial charge < -0.3 is 5.11 Å². The highest BCUT2D eigenvalue weighted by Crippen LogP contribution is 2.27. The lowest BCUT2D eigenvalue weighted by atomic mass is 10.1. The number of rotatable bonds is 6. The molecule has 0 saturated carbocycles. The molecule has 9 nitrogen and oxygen atoms in total. The van der Waals surface area contributed by atoms with Crippen LogP contribution < -0.4 is 10.6 Å². The van der Waals surface area contributed by atoms with Crippen LogP contribution in [0, 0.1) is 10.1 Å². The van der Waals surface area contributed by atoms with Gasteiger partial charge >= 0.3 is 0 Å². The summed E-state index contributed by atoms with van der Waals surface area (Å²) >= 11 is 0. The highest BCUT2D eigenvalue weighted by Gasteiger charge is 2.19. The summed E-state index contributed by atoms with van der Waals surface area (Å²) in [5, 5.41) is 29.6. The molecule has 0 heterocycles. The maximum absolute atomic E-state index is 11.3. The smallest absolute Gasteiger partial charge is 0.295 e. The van der Waals surface area contributed by atoms with E-state index in [1.54, 1.807) is 12.1 Å². The molecular formula is C15H16N4O5S. The number of hydrogen-bond acceptors (Lipinski definition) is 7. The lowest BCUT2D eigenvalue weighted by Gasteiger charge is -2.07. The van der Waals surface area contributed by atoms with Crippen LogP contribution in [0.2, 0.25) is 0 Å². The van der Waals surface area contributed by atoms with E-state index in [2.05, 4.69) is 10.5 Å². The number of nitro groups is 1. The molecule has 0 amide bonds. The first-order valence-corrected chi connectivity index (χ1v) is 8.70. The lowest BCUT2D eigenvalue weighted by molar-refractivity contribution is -0.384. The van der Waals surface area contributed by atoms with Crippen LogP contribution in [0.25, 0.3) is 0 Å². The van der Waals surface area contributed by atoms with Gasteiger partial charge in [0.2, 0.25) is 10.0 Å². The number of hydrogen-bond donors (Lipinski definition) is 3. The zero-order chi connectivity index (χ0) is 18.6. The average molecular weight is 364 g/mol. The second-order valence-corrected chi connectivity index (χ2v) is 6.61. The molecule has 0 bridgehead atoms. The zero-order valence-corrected chi connectivity index (χ0v) is 14.0. The van der Waals surface area contributed by atoms with Crippen molar-refractivity contribution in [2.24, 2.45) is 10.2 Å². The molecular weight excluding hydrogens is 348 g/mol. The first-order valence-electron chi connectivity index (χ1n) is 7.15. The molecule has 0 saturated heterocycles. The van der Waals surface area contributed by atoms with Crippen molar-refractivity contribution in [3.05, 3.63) is 58.1 Å². The molecule has 0 spiro atoms. The molecule has 132 valence electrons. The van der Waals surface area contributed by atoms with Crippen molar-refractivity contribution < 1.29 is 18.4 Å². The molecule has 25 heavy (non-hydrogen) atoms. The number of primary sulfonamides is 1. The van der Waals surface area contributed by atoms with Gasteiger partial charge in [-0.25, -0.2) is 13.6 Å². The van der Waals surface area contributed by atoms with E-state index in [9.17, 15) is 23.6 Å². The second kappa shape index (κ2) is 7.28. The number of nitro benzene ring substituents is 1. The van der Waals surface area contributed by atoms with E-state index < -0.39 is 20.6 Å². The van der Waals surface area contributed by atoms with Crippen molar-refractivity contribution in [1.29, 1.82) is 0 Å². The number of nitrogens with zero attached hydrogens (tertiary/aromatic N) is 2. The maximum atomic E-state index is 11.3. The normalized spacial score (nSPS) is 12.0. The number of benzene rings is 2. The summed E-state index contributed by atoms with van der Waals surface area (Å²) in [5.41, 5.74) is 3.49. The Morgan fingerprint density at radius 2 is 1.92 bits per heavy atom. The second-order valence-electron chi connectivity index (χ2n) is 5.05. The van der Waals surface area contributed by atoms with Crippen LogP contribution in [-0.4, -0.2) is 24.2 Å². The van der Waals surface area contributed by atoms with Crippen LogP contribution in [0.1, 0.15) is 18.9 Å². The number of hydrazone groups is 1. The summed E-state index contributed by atoms with van der Waals surface area (Å²) in [6, 6.07) is 9.60. The van der Waals surface area contributed by atoms with E-state index in [-0.39, 0.29) is 16.3 Å². The van der Waals surface area contributed by atoms with Crippen LogP contribution >= 0.6 is 0 Å². The topological polar surface area (TPSA) is 148 Å². The standard InChI is InChI=1S/C15H16N4O5S/c1-2-13(10-3-5-11(20)6-4-10)17-18-14-8-7-12(25(16,23)24)9-15(14)19(21)22/h3-9,18,20H,2H2,1H3,(H2,16,23,24)/b17-13+. The fourth-order valence-corrected chi connectivity index (χ4v) is 2.60. The minimum absolute atomic E-state index is 0.0297. The average Bonchev–Trinajstić information content (AvgIpc) is 2.56. The van der Waals surface area contributed by atoms with E-state index in [4.69, 9.17) is 5.14 Å². The molecule has 2 aromatic rings. The Morgan fingerprint density at radius 1 is 1.28 bits per heavy atom. The molecule has 10 heteroatoms. The Labute approximate surface area is 144 Å². The molecule has 0 atom stereocenters. The fraction of sp³-hybridized carbons (Fsp3) is 0.133. The molecule has 0 aliphatic heterocycles. The molecule has 2 aromatic carbocycles. The SMILES string of the molecule is CC/C(=N\Nc1ccc(S(N)(=O)=O)cc1[N+](=O)[O-])c1ccc(O)cc1. The van der Waals surface area contributed by atoms with Crippen molar-refractivity contribution in [1.82, 2.24) is 0 Å². The Hall–Kier alpha value is -2.98. The van der Waals surface area contributed by atoms with Gasteiger partial charge in [0, 0.05) is 6.07 Å². The molecule has 0 unspecified atom stereocenters. The Kier molecular flexibility index (Phi) is 5.35. The maximum Gasteiger partial charge on any atom is 0.295 e. The number of aromatic hydroxyl groups is 1. The van der Waals surface area contributed by atoms with Gasteiger partial charge in [0.1, 0.15) is 11.4 Å². The van der Waals surface area contributed by atoms with Crippen molar-refractivity contribution in [2.75, 3.05) is 5.43 Å². The molecule has 0 aliphatic rings. The summed E-state index contributed by atoms with van der Waals surface area (Å²) < 4.78 is 22.7. The predicted molar refractivity (Wildman–Crippen MR) is 93.0 cm³/mol. The monoisotopic (exact) mass is 364 g/mol. The third-order valence-electron chi connectivity index (χ3n) is 3.34. The molecule has 0 aliphatic carbocycles. The van der Waals surface area contributed by atoms with Crippen molar-refractivity contribution >= 4 is 27.1 Å². The Bertz CT molecular complexity index is 923. The van der Waals surface area contributed by atoms with E-state index >= 15 is 0 Å². The summed E-state index contributed by atoms with van der Waals surface area (Å²) in [7, 11) is -4.05. The number of phenols is 1. The number of sulfonamides is 1. The van der Waals surface area contributed by atoms with E-state index in [1.807, 2.05) is 6.92 Å². The number of anilines is 1. The Balaban J connectivity index is 2.38. The van der Waals surface area contributed by atoms with Gasteiger partial charge in [-0.2, -0.15) is 5.10 Å². The van der Waals surface area contributed by atoms with Crippen LogP contribution in [0.5, 0.6) is 5.75 Å². The minimum atomic E-state index is -4.05. The first-order chi connectivity index (χ1) is 11.7. The highest BCUT2D eigenvalue weighted by molar-refractivity contribution is 7.89. The van der Waals surface area contributed by atoms with Gasteiger partial charge in [0.25, 0.3) is 5.69 Å². The number of nitrogens with one attached hydrogen (secondary N) is 1. The van der Waals surface area contributed by atoms with Gasteiger partial charge in [0.15, 0.2) is 0 Å². The predicted octanol–water partition coefficient (Wildman–Crippen LogP) is 2.17. The van der Waals surface area contributed by atoms with E-state index in [0.717, 1.165) is 17.7 Å². The number of phenolic OH excluding ortho intramolecular Hbond substituents is 1. The third-order valence-corrected chi connectivity index (χ3v) is 4.25. The molecule has 0 aromatic heterocycles. The van der Waals surface area contributed by atoms with E-state index in [1.165, 1.54) is 18.2 Å². The summed E-state index contributed by atoms with van der Waals surface area (Å²) in [6.07, 6.45) is 0.529. The quantitative estimate of drug-likeness (QED) is 0.406. The summed E-state index contributed by atoms with van der Waals surface area (Å²) in [4.78, 5) is 10.1. The van der Waals surface area contributed by atoms with Crippen molar-refractivity contribution in [3.63, 3.8) is 0 Å². The third kappa shape index (κ3) is 4.52. The van der Waals surface area contributed by atoms with E-state index in [0.29, 0.717) is 12.1 Å². The van der Waals surface area contributed by atoms with Crippen LogP contribution in [0.3, 0.4) is 0 Å². The summed E-state index contributed by atoms with van der Waals surface area (Å²) in [5.74, 6) is 0.112. The molecule has 0 radical (unpaired) electrons. The van der Waals surface area contributed by atoms with Crippen molar-refractivity contribution in [2.45, 2.75) is 18.2 Å². The van der Waals surface area contributed by atoms with Gasteiger partial charge in [-0.15, -0.1) is 0 Å². The lowest BCUT2D eigenvalue weighted by Crippen LogP contribution is -2.12. The van der Waals surface area contributed by atoms with Gasteiger partial charge in [-0.1, -0.05) is 6.92 Å². The fourth-order valence-electron chi connectivity index (χ4n) is 2.06. The number of nitrogens with two attached hydrogens (primary N) is 1. The van der Waals surface area contributed by atoms with Gasteiger partial charge in [0.05, 0.1) is 15.5 Å². The van der Waals surface area contributed by atoms with Gasteiger partial charge in [-0.3, -0.25) is 15.5 Å². The highest BCUT2D eigenvalue weighted by atomic mass is 32.2. The van der Waals surface area contributed by atoms with Crippen LogP contribution in [-0.2, 0) is 10.0 Å². The Morgan fingerprint density at radius 3 is 2.44 bits per heavy atom. The minimum Gasteiger partial charge on any atom is -0.508 e. The van der Waals surface area contributed by atoms with Crippen LogP contribution in [0.4, 0.5) is 11.4 Å². The van der Waals surface area contributed by atoms with Gasteiger partial charge in [-0.05, 0) is 48.4 Å². The largest absolute Gasteiger partial charge is 0.508 e. The molecule has 0 fully saturated rings. The summed E-state index contributed by atoms with van der Waals surface area (Å²) in [6.45, 7) is 1.85. The van der Waals surface area contributed by atoms with Crippen LogP contribution in [0.15, 0.2) is 52.5 Å². The zero-order valence-electron chi connectivity index (χ0n) is 13.2. The first kappa shape index (κ1) is 18.4. The molecule has 2 rings (SSSR count).